The third kappa shape index (κ3) is 4.11. The summed E-state index contributed by atoms with van der Waals surface area (Å²) < 4.78 is 18.6. The number of hydrogen-bond acceptors (Lipinski definition) is 5. The molecule has 5 rings (SSSR count). The predicted molar refractivity (Wildman–Crippen MR) is 128 cm³/mol. The first kappa shape index (κ1) is 21.2. The summed E-state index contributed by atoms with van der Waals surface area (Å²) in [5.74, 6) is -0.593. The minimum atomic E-state index is -0.365. The molecule has 7 heteroatoms. The Morgan fingerprint density at radius 2 is 1.85 bits per heavy atom. The molecular formula is C26H21ClFN3O2. The van der Waals surface area contributed by atoms with Crippen molar-refractivity contribution in [3.05, 3.63) is 99.8 Å². The van der Waals surface area contributed by atoms with Crippen LogP contribution in [0, 0.1) is 5.82 Å². The van der Waals surface area contributed by atoms with Crippen LogP contribution >= 0.6 is 11.6 Å². The largest absolute Gasteiger partial charge is 0.479 e. The van der Waals surface area contributed by atoms with Crippen molar-refractivity contribution in [1.29, 1.82) is 0 Å². The van der Waals surface area contributed by atoms with Crippen molar-refractivity contribution >= 4 is 28.4 Å². The van der Waals surface area contributed by atoms with Crippen LogP contribution in [0.5, 0.6) is 5.95 Å². The second-order valence-corrected chi connectivity index (χ2v) is 8.22. The topological polar surface area (TPSA) is 70.3 Å². The highest BCUT2D eigenvalue weighted by Crippen LogP contribution is 2.39. The van der Waals surface area contributed by atoms with Crippen LogP contribution in [0.25, 0.3) is 22.4 Å². The molecule has 0 spiro atoms. The zero-order valence-electron chi connectivity index (χ0n) is 17.8. The monoisotopic (exact) mass is 461 g/mol. The Labute approximate surface area is 195 Å². The van der Waals surface area contributed by atoms with Gasteiger partial charge >= 0.3 is 5.95 Å². The van der Waals surface area contributed by atoms with Crippen molar-refractivity contribution in [3.63, 3.8) is 0 Å². The zero-order chi connectivity index (χ0) is 22.9. The van der Waals surface area contributed by atoms with Crippen LogP contribution in [-0.2, 0) is 6.54 Å². The molecule has 1 aliphatic heterocycles. The minimum Gasteiger partial charge on any atom is -0.479 e. The van der Waals surface area contributed by atoms with Crippen LogP contribution in [0.3, 0.4) is 0 Å². The lowest BCUT2D eigenvalue weighted by Gasteiger charge is -2.18. The van der Waals surface area contributed by atoms with E-state index in [0.29, 0.717) is 17.1 Å². The number of hydrazine groups is 1. The Kier molecular flexibility index (Phi) is 5.62. The molecule has 166 valence electrons. The van der Waals surface area contributed by atoms with E-state index < -0.39 is 0 Å². The van der Waals surface area contributed by atoms with Crippen LogP contribution in [-0.4, -0.2) is 10.3 Å². The lowest BCUT2D eigenvalue weighted by molar-refractivity contribution is 0.278. The Morgan fingerprint density at radius 3 is 2.55 bits per heavy atom. The molecule has 33 heavy (non-hydrogen) atoms. The van der Waals surface area contributed by atoms with Gasteiger partial charge in [-0.3, -0.25) is 0 Å². The summed E-state index contributed by atoms with van der Waals surface area (Å²) in [6.45, 7) is 2.79. The van der Waals surface area contributed by atoms with E-state index >= 15 is 0 Å². The molecule has 2 heterocycles. The zero-order valence-corrected chi connectivity index (χ0v) is 18.6. The molecule has 4 aromatic rings. The number of hydrogen-bond donors (Lipinski definition) is 3. The molecule has 0 amide bonds. The molecule has 0 fully saturated rings. The molecule has 0 aliphatic carbocycles. The molecule has 0 saturated heterocycles. The quantitative estimate of drug-likeness (QED) is 0.291. The van der Waals surface area contributed by atoms with Gasteiger partial charge in [0.15, 0.2) is 0 Å². The van der Waals surface area contributed by atoms with Gasteiger partial charge in [-0.1, -0.05) is 60.1 Å². The highest BCUT2D eigenvalue weighted by Gasteiger charge is 2.18. The van der Waals surface area contributed by atoms with Crippen molar-refractivity contribution in [1.82, 2.24) is 10.6 Å². The minimum absolute atomic E-state index is 0.228. The van der Waals surface area contributed by atoms with Crippen molar-refractivity contribution in [2.24, 2.45) is 0 Å². The number of allylic oxidation sites excluding steroid dienone is 1. The number of nitrogens with one attached hydrogen (secondary N) is 2. The summed E-state index contributed by atoms with van der Waals surface area (Å²) in [5, 5.41) is 13.7. The molecular weight excluding hydrogens is 441 g/mol. The maximum atomic E-state index is 13.8. The predicted octanol–water partition coefficient (Wildman–Crippen LogP) is 6.64. The third-order valence-corrected chi connectivity index (χ3v) is 6.09. The van der Waals surface area contributed by atoms with Crippen LogP contribution in [0.15, 0.2) is 71.3 Å². The number of rotatable bonds is 5. The molecule has 5 nitrogen and oxygen atoms in total. The van der Waals surface area contributed by atoms with Gasteiger partial charge in [0.1, 0.15) is 11.5 Å². The summed E-state index contributed by atoms with van der Waals surface area (Å²) in [4.78, 5) is 0. The highest BCUT2D eigenvalue weighted by molar-refractivity contribution is 6.32. The summed E-state index contributed by atoms with van der Waals surface area (Å²) in [5.41, 5.74) is 14.8. The first-order valence-electron chi connectivity index (χ1n) is 10.6. The molecule has 0 radical (unpaired) electrons. The lowest BCUT2D eigenvalue weighted by Crippen LogP contribution is -2.10. The number of fused-ring (bicyclic) bond motifs is 1. The fraction of sp³-hybridized carbons (Fsp3) is 0.115. The van der Waals surface area contributed by atoms with E-state index in [4.69, 9.17) is 16.1 Å². The Hall–Kier alpha value is -3.61. The van der Waals surface area contributed by atoms with Gasteiger partial charge in [-0.15, -0.1) is 0 Å². The second-order valence-electron chi connectivity index (χ2n) is 7.81. The van der Waals surface area contributed by atoms with Crippen LogP contribution in [0.2, 0.25) is 5.02 Å². The number of nitrogens with zero attached hydrogens (tertiary/aromatic N) is 1. The van der Waals surface area contributed by atoms with Crippen LogP contribution in [0.4, 0.5) is 10.1 Å². The summed E-state index contributed by atoms with van der Waals surface area (Å²) in [7, 11) is 0. The lowest BCUT2D eigenvalue weighted by atomic mass is 9.87. The van der Waals surface area contributed by atoms with Crippen molar-refractivity contribution in [3.8, 4) is 17.2 Å². The Balaban J connectivity index is 1.69. The number of benzene rings is 3. The molecule has 0 bridgehead atoms. The van der Waals surface area contributed by atoms with Gasteiger partial charge in [0.05, 0.1) is 16.8 Å². The molecule has 0 unspecified atom stereocenters. The first-order chi connectivity index (χ1) is 16.0. The fourth-order valence-corrected chi connectivity index (χ4v) is 4.49. The molecule has 0 saturated carbocycles. The summed E-state index contributed by atoms with van der Waals surface area (Å²) in [6, 6.07) is 20.2. The number of anilines is 1. The Morgan fingerprint density at radius 1 is 1.06 bits per heavy atom. The van der Waals surface area contributed by atoms with E-state index in [2.05, 4.69) is 41.1 Å². The van der Waals surface area contributed by atoms with Gasteiger partial charge in [-0.05, 0) is 64.1 Å². The summed E-state index contributed by atoms with van der Waals surface area (Å²) >= 11 is 6.49. The number of halogens is 2. The van der Waals surface area contributed by atoms with E-state index in [-0.39, 0.29) is 11.8 Å². The second kappa shape index (κ2) is 8.73. The van der Waals surface area contributed by atoms with E-state index in [9.17, 15) is 9.50 Å². The van der Waals surface area contributed by atoms with Gasteiger partial charge in [-0.25, -0.2) is 9.82 Å². The molecule has 3 aromatic carbocycles. The maximum Gasteiger partial charge on any atom is 0.309 e. The average Bonchev–Trinajstić information content (AvgIpc) is 3.46. The smallest absolute Gasteiger partial charge is 0.309 e. The summed E-state index contributed by atoms with van der Waals surface area (Å²) in [6.07, 6.45) is 0.702. The van der Waals surface area contributed by atoms with Crippen molar-refractivity contribution in [2.75, 3.05) is 5.43 Å². The van der Waals surface area contributed by atoms with E-state index in [1.54, 1.807) is 6.07 Å². The number of aromatic nitrogens is 1. The van der Waals surface area contributed by atoms with Gasteiger partial charge in [-0.2, -0.15) is 0 Å². The fourth-order valence-electron chi connectivity index (χ4n) is 4.21. The van der Waals surface area contributed by atoms with Crippen LogP contribution < -0.4 is 10.9 Å². The van der Waals surface area contributed by atoms with Gasteiger partial charge in [0, 0.05) is 12.1 Å². The van der Waals surface area contributed by atoms with Crippen molar-refractivity contribution < 1.29 is 14.0 Å². The standard InChI is InChI=1S/C26H21ClFN3O2/c1-2-20(21-9-8-19(28)12-22(21)27)26(17-7-10-23-18(11-17)14-29-30-23)16-5-3-15(4-6-16)24-13-25(32)33-31-24/h3-13,29-30,32H,2,14H2,1H3/b26-20+. The molecule has 0 atom stereocenters. The number of aromatic hydroxyl groups is 1. The third-order valence-electron chi connectivity index (χ3n) is 5.77. The SMILES string of the molecule is CC/C(=C(/c1ccc(-c2cc(O)on2)cc1)c1ccc2c(c1)CNN2)c1ccc(F)cc1Cl. The maximum absolute atomic E-state index is 13.8. The first-order valence-corrected chi connectivity index (χ1v) is 11.0. The van der Waals surface area contributed by atoms with E-state index in [1.165, 1.54) is 23.8 Å². The highest BCUT2D eigenvalue weighted by atomic mass is 35.5. The Bertz CT molecular complexity index is 1360. The van der Waals surface area contributed by atoms with Gasteiger partial charge in [0.25, 0.3) is 0 Å². The van der Waals surface area contributed by atoms with Gasteiger partial charge in [0.2, 0.25) is 0 Å². The van der Waals surface area contributed by atoms with Crippen molar-refractivity contribution in [2.45, 2.75) is 19.9 Å². The molecule has 3 N–H and O–H groups in total. The average molecular weight is 462 g/mol. The van der Waals surface area contributed by atoms with E-state index in [0.717, 1.165) is 45.6 Å². The molecule has 1 aliphatic rings. The van der Waals surface area contributed by atoms with Crippen LogP contribution in [0.1, 0.15) is 35.6 Å². The van der Waals surface area contributed by atoms with Gasteiger partial charge < -0.3 is 15.1 Å². The van der Waals surface area contributed by atoms with E-state index in [1.807, 2.05) is 24.3 Å². The normalized spacial score (nSPS) is 13.4. The molecule has 1 aromatic heterocycles.